The van der Waals surface area contributed by atoms with Crippen molar-refractivity contribution in [2.24, 2.45) is 0 Å². The Balaban J connectivity index is 1.19. The molecule has 0 bridgehead atoms. The summed E-state index contributed by atoms with van der Waals surface area (Å²) in [6, 6.07) is 21.2. The third kappa shape index (κ3) is 5.24. The van der Waals surface area contributed by atoms with Crippen LogP contribution >= 0.6 is 51.5 Å². The lowest BCUT2D eigenvalue weighted by atomic mass is 9.89. The van der Waals surface area contributed by atoms with Gasteiger partial charge in [0.05, 0.1) is 18.3 Å². The van der Waals surface area contributed by atoms with Crippen LogP contribution in [0, 0.1) is 0 Å². The van der Waals surface area contributed by atoms with Crippen LogP contribution in [0.25, 0.3) is 10.9 Å². The first kappa shape index (κ1) is 28.2. The molecular formula is C32H30BrClN4O2S2. The molecule has 3 aliphatic rings. The number of aromatic nitrogens is 1. The fraction of sp³-hybridized carbons (Fsp3) is 0.312. The smallest absolute Gasteiger partial charge is 0.256 e. The number of thiocarbonyl (C=S) groups is 1. The van der Waals surface area contributed by atoms with Gasteiger partial charge in [-0.3, -0.25) is 9.69 Å². The number of ether oxygens (including phenoxy) is 1. The van der Waals surface area contributed by atoms with Crippen molar-refractivity contribution in [3.63, 3.8) is 0 Å². The number of benzene rings is 3. The highest BCUT2D eigenvalue weighted by Gasteiger charge is 2.51. The van der Waals surface area contributed by atoms with Crippen LogP contribution in [0.3, 0.4) is 0 Å². The maximum Gasteiger partial charge on any atom is 0.256 e. The molecule has 1 N–H and O–H groups in total. The molecule has 1 amide bonds. The molecule has 2 unspecified atom stereocenters. The van der Waals surface area contributed by atoms with E-state index in [1.165, 1.54) is 24.6 Å². The van der Waals surface area contributed by atoms with Gasteiger partial charge in [0.15, 0.2) is 5.11 Å². The molecule has 7 rings (SSSR count). The first-order valence-corrected chi connectivity index (χ1v) is 17.0. The van der Waals surface area contributed by atoms with Crippen LogP contribution < -0.4 is 9.64 Å². The monoisotopic (exact) mass is 680 g/mol. The van der Waals surface area contributed by atoms with Gasteiger partial charge < -0.3 is 19.5 Å². The third-order valence-electron chi connectivity index (χ3n) is 8.38. The van der Waals surface area contributed by atoms with Crippen LogP contribution in [0.5, 0.6) is 5.75 Å². The average Bonchev–Trinajstić information content (AvgIpc) is 3.49. The summed E-state index contributed by atoms with van der Waals surface area (Å²) in [5, 5.41) is 2.24. The largest absolute Gasteiger partial charge is 0.494 e. The summed E-state index contributed by atoms with van der Waals surface area (Å²) >= 11 is 17.9. The SMILES string of the molecule is O=C1C2Cc3c([nH]c4ccc(Br)cc34)C(c3ccc(OCCCN4CCSCC4)cc3)N2C(=S)N1c1ccc(Cl)cc1. The molecule has 2 saturated heterocycles. The molecule has 6 nitrogen and oxygen atoms in total. The number of rotatable bonds is 7. The Hall–Kier alpha value is -2.56. The lowest BCUT2D eigenvalue weighted by molar-refractivity contribution is -0.120. The minimum Gasteiger partial charge on any atom is -0.494 e. The van der Waals surface area contributed by atoms with Crippen molar-refractivity contribution in [2.45, 2.75) is 24.9 Å². The summed E-state index contributed by atoms with van der Waals surface area (Å²) in [6.07, 6.45) is 1.58. The summed E-state index contributed by atoms with van der Waals surface area (Å²) in [4.78, 5) is 23.9. The molecule has 3 aliphatic heterocycles. The fourth-order valence-electron chi connectivity index (χ4n) is 6.32. The quantitative estimate of drug-likeness (QED) is 0.167. The van der Waals surface area contributed by atoms with Gasteiger partial charge in [0, 0.05) is 63.7 Å². The zero-order chi connectivity index (χ0) is 28.8. The van der Waals surface area contributed by atoms with Crippen LogP contribution in [0.15, 0.2) is 71.2 Å². The molecule has 216 valence electrons. The summed E-state index contributed by atoms with van der Waals surface area (Å²) in [7, 11) is 0. The Morgan fingerprint density at radius 3 is 2.57 bits per heavy atom. The van der Waals surface area contributed by atoms with Gasteiger partial charge in [-0.1, -0.05) is 39.7 Å². The van der Waals surface area contributed by atoms with Crippen molar-refractivity contribution < 1.29 is 9.53 Å². The number of nitrogens with zero attached hydrogens (tertiary/aromatic N) is 3. The molecule has 4 heterocycles. The predicted molar refractivity (Wildman–Crippen MR) is 179 cm³/mol. The molecule has 2 fully saturated rings. The molecule has 0 saturated carbocycles. The van der Waals surface area contributed by atoms with Crippen molar-refractivity contribution in [3.8, 4) is 5.75 Å². The summed E-state index contributed by atoms with van der Waals surface area (Å²) in [6.45, 7) is 4.11. The summed E-state index contributed by atoms with van der Waals surface area (Å²) in [5.74, 6) is 3.28. The van der Waals surface area contributed by atoms with E-state index in [4.69, 9.17) is 28.6 Å². The first-order valence-electron chi connectivity index (χ1n) is 14.2. The molecule has 3 aromatic carbocycles. The molecule has 0 radical (unpaired) electrons. The highest BCUT2D eigenvalue weighted by molar-refractivity contribution is 9.10. The molecule has 0 aliphatic carbocycles. The van der Waals surface area contributed by atoms with E-state index in [0.717, 1.165) is 56.6 Å². The number of halogens is 2. The summed E-state index contributed by atoms with van der Waals surface area (Å²) in [5.41, 5.74) is 5.06. The second-order valence-corrected chi connectivity index (χ2v) is 13.8. The van der Waals surface area contributed by atoms with Gasteiger partial charge in [-0.05, 0) is 84.4 Å². The van der Waals surface area contributed by atoms with E-state index in [-0.39, 0.29) is 11.9 Å². The molecule has 10 heteroatoms. The molecule has 2 atom stereocenters. The fourth-order valence-corrected chi connectivity index (χ4v) is 8.21. The predicted octanol–water partition coefficient (Wildman–Crippen LogP) is 7.05. The van der Waals surface area contributed by atoms with Crippen molar-refractivity contribution in [2.75, 3.05) is 42.6 Å². The number of thioether (sulfide) groups is 1. The zero-order valence-electron chi connectivity index (χ0n) is 22.9. The van der Waals surface area contributed by atoms with E-state index in [1.54, 1.807) is 17.0 Å². The number of H-pyrrole nitrogens is 1. The van der Waals surface area contributed by atoms with Crippen molar-refractivity contribution in [1.29, 1.82) is 0 Å². The van der Waals surface area contributed by atoms with Crippen LogP contribution in [0.2, 0.25) is 5.02 Å². The van der Waals surface area contributed by atoms with Crippen LogP contribution in [-0.2, 0) is 11.2 Å². The molecule has 42 heavy (non-hydrogen) atoms. The molecule has 0 spiro atoms. The van der Waals surface area contributed by atoms with Crippen LogP contribution in [-0.4, -0.2) is 69.6 Å². The Morgan fingerprint density at radius 2 is 1.81 bits per heavy atom. The number of anilines is 1. The molecular weight excluding hydrogens is 652 g/mol. The highest BCUT2D eigenvalue weighted by Crippen LogP contribution is 2.45. The van der Waals surface area contributed by atoms with Crippen LogP contribution in [0.1, 0.15) is 29.3 Å². The topological polar surface area (TPSA) is 51.8 Å². The van der Waals surface area contributed by atoms with E-state index in [9.17, 15) is 4.79 Å². The van der Waals surface area contributed by atoms with Crippen molar-refractivity contribution in [1.82, 2.24) is 14.8 Å². The van der Waals surface area contributed by atoms with Gasteiger partial charge in [0.25, 0.3) is 5.91 Å². The van der Waals surface area contributed by atoms with E-state index >= 15 is 0 Å². The second-order valence-electron chi connectivity index (χ2n) is 10.9. The Bertz CT molecular complexity index is 1640. The van der Waals surface area contributed by atoms with E-state index in [2.05, 4.69) is 55.0 Å². The number of nitrogens with one attached hydrogen (secondary N) is 1. The Labute approximate surface area is 268 Å². The minimum absolute atomic E-state index is 0.0189. The van der Waals surface area contributed by atoms with Gasteiger partial charge in [-0.25, -0.2) is 0 Å². The van der Waals surface area contributed by atoms with Crippen LogP contribution in [0.4, 0.5) is 5.69 Å². The number of hydrogen-bond donors (Lipinski definition) is 1. The van der Waals surface area contributed by atoms with E-state index in [0.29, 0.717) is 23.2 Å². The Kier molecular flexibility index (Phi) is 7.96. The van der Waals surface area contributed by atoms with E-state index < -0.39 is 6.04 Å². The van der Waals surface area contributed by atoms with Gasteiger partial charge in [-0.15, -0.1) is 0 Å². The van der Waals surface area contributed by atoms with Gasteiger partial charge in [0.2, 0.25) is 0 Å². The van der Waals surface area contributed by atoms with Gasteiger partial charge >= 0.3 is 0 Å². The number of aromatic amines is 1. The van der Waals surface area contributed by atoms with Crippen molar-refractivity contribution >= 4 is 79.1 Å². The molecule has 4 aromatic rings. The first-order chi connectivity index (χ1) is 20.5. The minimum atomic E-state index is -0.409. The lowest BCUT2D eigenvalue weighted by Crippen LogP contribution is -2.44. The number of fused-ring (bicyclic) bond motifs is 4. The summed E-state index contributed by atoms with van der Waals surface area (Å²) < 4.78 is 7.13. The second kappa shape index (κ2) is 11.8. The van der Waals surface area contributed by atoms with Gasteiger partial charge in [0.1, 0.15) is 11.8 Å². The number of amides is 1. The van der Waals surface area contributed by atoms with Gasteiger partial charge in [-0.2, -0.15) is 11.8 Å². The number of carbonyl (C=O) groups is 1. The normalized spacial score (nSPS) is 20.7. The Morgan fingerprint density at radius 1 is 1.05 bits per heavy atom. The number of hydrogen-bond acceptors (Lipinski definition) is 5. The standard InChI is InChI=1S/C32H30BrClN4O2S2/c33-21-4-11-27-25(18-21)26-19-28-31(39)37(23-7-5-22(34)6-8-23)32(41)38(28)30(29(26)35-27)20-2-9-24(10-3-20)40-15-1-12-36-13-16-42-17-14-36/h2-11,18,28,30,35H,1,12-17,19H2. The van der Waals surface area contributed by atoms with E-state index in [1.807, 2.05) is 42.1 Å². The average molecular weight is 682 g/mol. The molecule has 1 aromatic heterocycles. The van der Waals surface area contributed by atoms with Crippen molar-refractivity contribution in [3.05, 3.63) is 93.0 Å². The number of carbonyl (C=O) groups excluding carboxylic acids is 1. The maximum atomic E-state index is 14.0. The zero-order valence-corrected chi connectivity index (χ0v) is 26.9. The highest BCUT2D eigenvalue weighted by atomic mass is 79.9. The lowest BCUT2D eigenvalue weighted by Gasteiger charge is -2.37. The third-order valence-corrected chi connectivity index (χ3v) is 10.5. The maximum absolute atomic E-state index is 14.0.